The smallest absolute Gasteiger partial charge is 0.340 e. The van der Waals surface area contributed by atoms with Crippen molar-refractivity contribution in [1.29, 1.82) is 0 Å². The topological polar surface area (TPSA) is 107 Å². The Bertz CT molecular complexity index is 168. The maximum absolute atomic E-state index is 10.5. The fraction of sp³-hybridized carbons (Fsp3) is 0.800. The van der Waals surface area contributed by atoms with E-state index < -0.39 is 30.6 Å². The number of rotatable bonds is 0. The Labute approximate surface area is 61.6 Å². The molecule has 1 saturated heterocycles. The summed E-state index contributed by atoms with van der Waals surface area (Å²) >= 11 is 0. The lowest BCUT2D eigenvalue weighted by Crippen LogP contribution is -2.55. The molecule has 0 aromatic rings. The van der Waals surface area contributed by atoms with Gasteiger partial charge < -0.3 is 25.2 Å². The van der Waals surface area contributed by atoms with Crippen LogP contribution in [0.2, 0.25) is 0 Å². The van der Waals surface area contributed by atoms with E-state index in [1.807, 2.05) is 0 Å². The van der Waals surface area contributed by atoms with Crippen molar-refractivity contribution < 1.29 is 30.0 Å². The lowest BCUT2D eigenvalue weighted by Gasteiger charge is -2.30. The summed E-state index contributed by atoms with van der Waals surface area (Å²) < 4.78 is 4.04. The second-order valence-electron chi connectivity index (χ2n) is 2.25. The van der Waals surface area contributed by atoms with Gasteiger partial charge in [-0.25, -0.2) is 4.79 Å². The minimum absolute atomic E-state index is 1.14. The molecule has 0 bridgehead atoms. The summed E-state index contributed by atoms with van der Waals surface area (Å²) in [6.45, 7) is 0. The number of hydrogen-bond acceptors (Lipinski definition) is 6. The normalized spacial score (nSPS) is 45.3. The van der Waals surface area contributed by atoms with Crippen molar-refractivity contribution in [2.45, 2.75) is 24.6 Å². The number of cyclic esters (lactones) is 1. The highest BCUT2D eigenvalue weighted by molar-refractivity contribution is 5.76. The molecule has 0 aliphatic carbocycles. The summed E-state index contributed by atoms with van der Waals surface area (Å²) in [5, 5.41) is 35.0. The first-order valence-electron chi connectivity index (χ1n) is 2.97. The highest BCUT2D eigenvalue weighted by atomic mass is 16.7. The summed E-state index contributed by atoms with van der Waals surface area (Å²) in [6, 6.07) is 0. The third kappa shape index (κ3) is 1.33. The van der Waals surface area contributed by atoms with E-state index in [4.69, 9.17) is 20.4 Å². The SMILES string of the molecule is O=C1OC(O)[C@H](O)[C@H](O)[C@@H]1O. The Hall–Kier alpha value is -0.690. The lowest BCUT2D eigenvalue weighted by atomic mass is 10.1. The lowest BCUT2D eigenvalue weighted by molar-refractivity contribution is -0.241. The van der Waals surface area contributed by atoms with E-state index in [1.54, 1.807) is 0 Å². The molecule has 1 fully saturated rings. The summed E-state index contributed by atoms with van der Waals surface area (Å²) in [4.78, 5) is 10.5. The van der Waals surface area contributed by atoms with E-state index in [0.717, 1.165) is 0 Å². The minimum atomic E-state index is -1.78. The highest BCUT2D eigenvalue weighted by Gasteiger charge is 2.42. The van der Waals surface area contributed by atoms with Crippen LogP contribution in [0.25, 0.3) is 0 Å². The van der Waals surface area contributed by atoms with Crippen LogP contribution in [0, 0.1) is 0 Å². The van der Waals surface area contributed by atoms with Gasteiger partial charge in [0, 0.05) is 0 Å². The summed E-state index contributed by atoms with van der Waals surface area (Å²) in [5.41, 5.74) is 0. The summed E-state index contributed by atoms with van der Waals surface area (Å²) in [6.07, 6.45) is -6.89. The monoisotopic (exact) mass is 164 g/mol. The van der Waals surface area contributed by atoms with Crippen LogP contribution in [-0.2, 0) is 9.53 Å². The van der Waals surface area contributed by atoms with Crippen LogP contribution >= 0.6 is 0 Å². The quantitative estimate of drug-likeness (QED) is 0.283. The number of carbonyl (C=O) groups excluding carboxylic acids is 1. The molecule has 0 radical (unpaired) electrons. The third-order valence-corrected chi connectivity index (χ3v) is 1.44. The Balaban J connectivity index is 2.70. The van der Waals surface area contributed by atoms with Crippen molar-refractivity contribution in [3.05, 3.63) is 0 Å². The molecule has 0 aromatic heterocycles. The molecule has 1 aliphatic heterocycles. The van der Waals surface area contributed by atoms with Crippen LogP contribution in [0.3, 0.4) is 0 Å². The van der Waals surface area contributed by atoms with Crippen LogP contribution in [0.1, 0.15) is 0 Å². The van der Waals surface area contributed by atoms with E-state index in [1.165, 1.54) is 0 Å². The van der Waals surface area contributed by atoms with E-state index in [-0.39, 0.29) is 0 Å². The van der Waals surface area contributed by atoms with Crippen LogP contribution in [-0.4, -0.2) is 51.0 Å². The van der Waals surface area contributed by atoms with Crippen LogP contribution in [0.15, 0.2) is 0 Å². The van der Waals surface area contributed by atoms with E-state index in [0.29, 0.717) is 0 Å². The van der Waals surface area contributed by atoms with Crippen molar-refractivity contribution in [3.63, 3.8) is 0 Å². The van der Waals surface area contributed by atoms with Gasteiger partial charge in [0.25, 0.3) is 0 Å². The maximum atomic E-state index is 10.5. The molecule has 1 rings (SSSR count). The third-order valence-electron chi connectivity index (χ3n) is 1.44. The molecule has 64 valence electrons. The Kier molecular flexibility index (Phi) is 2.10. The number of aliphatic hydroxyl groups excluding tert-OH is 4. The molecule has 4 N–H and O–H groups in total. The zero-order valence-corrected chi connectivity index (χ0v) is 5.41. The molecule has 1 unspecified atom stereocenters. The fourth-order valence-electron chi connectivity index (χ4n) is 0.753. The van der Waals surface area contributed by atoms with Crippen molar-refractivity contribution in [1.82, 2.24) is 0 Å². The molecule has 1 heterocycles. The van der Waals surface area contributed by atoms with Gasteiger partial charge in [0.05, 0.1) is 0 Å². The van der Waals surface area contributed by atoms with Gasteiger partial charge in [0.15, 0.2) is 6.10 Å². The van der Waals surface area contributed by atoms with Gasteiger partial charge in [0.1, 0.15) is 12.2 Å². The van der Waals surface area contributed by atoms with E-state index in [9.17, 15) is 4.79 Å². The number of hydrogen-bond donors (Lipinski definition) is 4. The van der Waals surface area contributed by atoms with Gasteiger partial charge >= 0.3 is 5.97 Å². The van der Waals surface area contributed by atoms with Crippen molar-refractivity contribution >= 4 is 5.97 Å². The van der Waals surface area contributed by atoms with Gasteiger partial charge in [0.2, 0.25) is 6.29 Å². The number of aliphatic hydroxyl groups is 4. The zero-order chi connectivity index (χ0) is 8.59. The summed E-state index contributed by atoms with van der Waals surface area (Å²) in [5.74, 6) is -1.14. The molecular weight excluding hydrogens is 156 g/mol. The van der Waals surface area contributed by atoms with Crippen molar-refractivity contribution in [2.24, 2.45) is 0 Å². The van der Waals surface area contributed by atoms with Gasteiger partial charge in [-0.05, 0) is 0 Å². The molecule has 0 saturated carbocycles. The predicted molar refractivity (Wildman–Crippen MR) is 30.1 cm³/mol. The molecule has 4 atom stereocenters. The molecule has 1 aliphatic rings. The standard InChI is InChI=1S/C5H8O6/c6-1-2(7)4(9)11-5(10)3(1)8/h1-4,6-9H/t1-,2+,3-,4?/m0/s1. The van der Waals surface area contributed by atoms with Crippen molar-refractivity contribution in [3.8, 4) is 0 Å². The Morgan fingerprint density at radius 3 is 2.18 bits per heavy atom. The summed E-state index contributed by atoms with van der Waals surface area (Å²) in [7, 11) is 0. The second kappa shape index (κ2) is 2.74. The predicted octanol–water partition coefficient (Wildman–Crippen LogP) is -3.06. The largest absolute Gasteiger partial charge is 0.431 e. The highest BCUT2D eigenvalue weighted by Crippen LogP contribution is 2.14. The average molecular weight is 164 g/mol. The van der Waals surface area contributed by atoms with Crippen molar-refractivity contribution in [2.75, 3.05) is 0 Å². The first-order chi connectivity index (χ1) is 5.04. The average Bonchev–Trinajstić information content (AvgIpc) is 1.97. The zero-order valence-electron chi connectivity index (χ0n) is 5.41. The minimum Gasteiger partial charge on any atom is -0.431 e. The molecule has 6 heteroatoms. The second-order valence-corrected chi connectivity index (χ2v) is 2.25. The molecular formula is C5H8O6. The molecule has 0 aromatic carbocycles. The molecule has 6 nitrogen and oxygen atoms in total. The number of carbonyl (C=O) groups is 1. The van der Waals surface area contributed by atoms with Gasteiger partial charge in [-0.2, -0.15) is 0 Å². The fourth-order valence-corrected chi connectivity index (χ4v) is 0.753. The van der Waals surface area contributed by atoms with Crippen LogP contribution < -0.4 is 0 Å². The number of ether oxygens (including phenoxy) is 1. The molecule has 0 amide bonds. The van der Waals surface area contributed by atoms with Gasteiger partial charge in [-0.15, -0.1) is 0 Å². The van der Waals surface area contributed by atoms with E-state index in [2.05, 4.69) is 4.74 Å². The van der Waals surface area contributed by atoms with Crippen LogP contribution in [0.4, 0.5) is 0 Å². The Morgan fingerprint density at radius 1 is 1.09 bits per heavy atom. The van der Waals surface area contributed by atoms with Gasteiger partial charge in [-0.3, -0.25) is 0 Å². The van der Waals surface area contributed by atoms with E-state index >= 15 is 0 Å². The van der Waals surface area contributed by atoms with Crippen LogP contribution in [0.5, 0.6) is 0 Å². The first kappa shape index (κ1) is 8.41. The molecule has 0 spiro atoms. The van der Waals surface area contributed by atoms with Gasteiger partial charge in [-0.1, -0.05) is 0 Å². The molecule has 11 heavy (non-hydrogen) atoms. The maximum Gasteiger partial charge on any atom is 0.340 e. The Morgan fingerprint density at radius 2 is 1.64 bits per heavy atom. The number of esters is 1. The first-order valence-corrected chi connectivity index (χ1v) is 2.97.